The third-order valence-corrected chi connectivity index (χ3v) is 4.20. The maximum atomic E-state index is 2.36. The van der Waals surface area contributed by atoms with Crippen molar-refractivity contribution in [3.8, 4) is 0 Å². The molecule has 19 heavy (non-hydrogen) atoms. The lowest BCUT2D eigenvalue weighted by Crippen LogP contribution is -2.03. The van der Waals surface area contributed by atoms with Crippen molar-refractivity contribution in [3.63, 3.8) is 0 Å². The first-order valence-corrected chi connectivity index (χ1v) is 9.33. The van der Waals surface area contributed by atoms with Crippen molar-refractivity contribution >= 4 is 0 Å². The van der Waals surface area contributed by atoms with Crippen molar-refractivity contribution in [1.82, 2.24) is 0 Å². The summed E-state index contributed by atoms with van der Waals surface area (Å²) in [5, 5.41) is 0. The molecule has 0 heterocycles. The maximum absolute atomic E-state index is 2.36. The van der Waals surface area contributed by atoms with Crippen LogP contribution in [0.4, 0.5) is 0 Å². The normalized spacial score (nSPS) is 19.9. The highest BCUT2D eigenvalue weighted by atomic mass is 14.2. The minimum atomic E-state index is 1.04. The van der Waals surface area contributed by atoms with Gasteiger partial charge in [0.1, 0.15) is 0 Å². The monoisotopic (exact) mass is 270 g/mol. The Morgan fingerprint density at radius 1 is 0.632 bits per heavy atom. The van der Waals surface area contributed by atoms with Gasteiger partial charge in [-0.15, -0.1) is 0 Å². The Kier molecular flexibility index (Phi) is 20.2. The third kappa shape index (κ3) is 14.2. The zero-order valence-electron chi connectivity index (χ0n) is 14.9. The lowest BCUT2D eigenvalue weighted by Gasteiger charge is -2.18. The van der Waals surface area contributed by atoms with E-state index in [1.807, 2.05) is 27.7 Å². The second-order valence-electron chi connectivity index (χ2n) is 5.66. The Hall–Kier alpha value is 0. The summed E-state index contributed by atoms with van der Waals surface area (Å²) in [6.45, 7) is 12.7. The van der Waals surface area contributed by atoms with Crippen LogP contribution in [0.25, 0.3) is 0 Å². The second-order valence-corrected chi connectivity index (χ2v) is 5.66. The molecule has 0 aromatic carbocycles. The molecule has 0 nitrogen and oxygen atoms in total. The first kappa shape index (κ1) is 21.3. The highest BCUT2D eigenvalue weighted by Crippen LogP contribution is 2.25. The Bertz CT molecular complexity index is 127. The zero-order valence-corrected chi connectivity index (χ0v) is 14.9. The fourth-order valence-electron chi connectivity index (χ4n) is 2.90. The van der Waals surface area contributed by atoms with E-state index in [1.54, 1.807) is 0 Å². The fraction of sp³-hybridized carbons (Fsp3) is 1.00. The summed E-state index contributed by atoms with van der Waals surface area (Å²) >= 11 is 0. The third-order valence-electron chi connectivity index (χ3n) is 4.20. The van der Waals surface area contributed by atoms with E-state index < -0.39 is 0 Å². The van der Waals surface area contributed by atoms with Crippen LogP contribution < -0.4 is 0 Å². The molecule has 0 aromatic heterocycles. The number of hydrogen-bond donors (Lipinski definition) is 0. The van der Waals surface area contributed by atoms with Gasteiger partial charge in [0.15, 0.2) is 0 Å². The topological polar surface area (TPSA) is 0 Å². The predicted octanol–water partition coefficient (Wildman–Crippen LogP) is 7.62. The predicted molar refractivity (Wildman–Crippen MR) is 91.8 cm³/mol. The summed E-state index contributed by atoms with van der Waals surface area (Å²) in [5.74, 6) is 2.12. The lowest BCUT2D eigenvalue weighted by atomic mass is 9.88. The summed E-state index contributed by atoms with van der Waals surface area (Å²) in [4.78, 5) is 0. The SMILES string of the molecule is CC.CC.CC1CCCCC1.CCC1CCCCC1. The Morgan fingerprint density at radius 2 is 1.00 bits per heavy atom. The van der Waals surface area contributed by atoms with Crippen molar-refractivity contribution in [1.29, 1.82) is 0 Å². The van der Waals surface area contributed by atoms with E-state index >= 15 is 0 Å². The molecule has 0 atom stereocenters. The highest BCUT2D eigenvalue weighted by molar-refractivity contribution is 4.63. The van der Waals surface area contributed by atoms with Gasteiger partial charge in [-0.05, 0) is 11.8 Å². The van der Waals surface area contributed by atoms with Gasteiger partial charge in [-0.3, -0.25) is 0 Å². The molecule has 0 heteroatoms. The maximum Gasteiger partial charge on any atom is -0.0417 e. The van der Waals surface area contributed by atoms with Gasteiger partial charge in [-0.1, -0.05) is 112 Å². The first-order valence-electron chi connectivity index (χ1n) is 9.33. The van der Waals surface area contributed by atoms with Crippen molar-refractivity contribution < 1.29 is 0 Å². The molecule has 0 radical (unpaired) electrons. The molecule has 0 spiro atoms. The van der Waals surface area contributed by atoms with Gasteiger partial charge in [0.2, 0.25) is 0 Å². The van der Waals surface area contributed by atoms with E-state index in [9.17, 15) is 0 Å². The smallest absolute Gasteiger partial charge is 0.0417 e. The van der Waals surface area contributed by atoms with E-state index in [4.69, 9.17) is 0 Å². The molecule has 0 amide bonds. The van der Waals surface area contributed by atoms with Crippen molar-refractivity contribution in [3.05, 3.63) is 0 Å². The lowest BCUT2D eigenvalue weighted by molar-refractivity contribution is 0.349. The summed E-state index contributed by atoms with van der Waals surface area (Å²) in [7, 11) is 0. The van der Waals surface area contributed by atoms with E-state index in [0.29, 0.717) is 0 Å². The quantitative estimate of drug-likeness (QED) is 0.460. The van der Waals surface area contributed by atoms with Gasteiger partial charge in [0, 0.05) is 0 Å². The standard InChI is InChI=1S/C8H16.C7H14.2C2H6/c1-2-8-6-4-3-5-7-8;1-7-5-3-2-4-6-7;2*1-2/h8H,2-7H2,1H3;7H,2-6H2,1H3;2*1-2H3. The van der Waals surface area contributed by atoms with Gasteiger partial charge in [0.25, 0.3) is 0 Å². The minimum Gasteiger partial charge on any atom is -0.0683 e. The second kappa shape index (κ2) is 18.0. The summed E-state index contributed by atoms with van der Waals surface area (Å²) in [6.07, 6.45) is 16.4. The Balaban J connectivity index is 0. The zero-order chi connectivity index (χ0) is 14.9. The molecule has 2 saturated carbocycles. The number of rotatable bonds is 1. The van der Waals surface area contributed by atoms with Crippen LogP contribution in [-0.2, 0) is 0 Å². The average Bonchev–Trinajstić information content (AvgIpc) is 2.53. The molecule has 2 aliphatic rings. The van der Waals surface area contributed by atoms with Crippen LogP contribution in [0.1, 0.15) is 112 Å². The molecule has 0 saturated heterocycles. The van der Waals surface area contributed by atoms with Crippen molar-refractivity contribution in [2.75, 3.05) is 0 Å². The Labute approximate surface area is 124 Å². The van der Waals surface area contributed by atoms with Crippen molar-refractivity contribution in [2.24, 2.45) is 11.8 Å². The molecule has 0 N–H and O–H groups in total. The molecule has 2 rings (SSSR count). The largest absolute Gasteiger partial charge is 0.0683 e. The Morgan fingerprint density at radius 3 is 1.21 bits per heavy atom. The van der Waals surface area contributed by atoms with Gasteiger partial charge < -0.3 is 0 Å². The van der Waals surface area contributed by atoms with E-state index in [1.165, 1.54) is 70.6 Å². The number of hydrogen-bond acceptors (Lipinski definition) is 0. The fourth-order valence-corrected chi connectivity index (χ4v) is 2.90. The molecule has 118 valence electrons. The van der Waals surface area contributed by atoms with Gasteiger partial charge in [0.05, 0.1) is 0 Å². The van der Waals surface area contributed by atoms with Crippen LogP contribution in [0.2, 0.25) is 0 Å². The summed E-state index contributed by atoms with van der Waals surface area (Å²) in [6, 6.07) is 0. The van der Waals surface area contributed by atoms with E-state index in [-0.39, 0.29) is 0 Å². The first-order chi connectivity index (χ1) is 9.33. The molecular formula is C19H42. The van der Waals surface area contributed by atoms with Crippen molar-refractivity contribution in [2.45, 2.75) is 112 Å². The van der Waals surface area contributed by atoms with Crippen LogP contribution in [0, 0.1) is 11.8 Å². The average molecular weight is 271 g/mol. The highest BCUT2D eigenvalue weighted by Gasteiger charge is 2.09. The van der Waals surface area contributed by atoms with Crippen LogP contribution in [0.15, 0.2) is 0 Å². The minimum absolute atomic E-state index is 1.04. The van der Waals surface area contributed by atoms with Crippen LogP contribution in [0.5, 0.6) is 0 Å². The van der Waals surface area contributed by atoms with Gasteiger partial charge in [-0.25, -0.2) is 0 Å². The summed E-state index contributed by atoms with van der Waals surface area (Å²) < 4.78 is 0. The molecule has 0 aliphatic heterocycles. The van der Waals surface area contributed by atoms with Gasteiger partial charge >= 0.3 is 0 Å². The molecule has 0 bridgehead atoms. The molecule has 2 fully saturated rings. The summed E-state index contributed by atoms with van der Waals surface area (Å²) in [5.41, 5.74) is 0. The van der Waals surface area contributed by atoms with Crippen LogP contribution in [-0.4, -0.2) is 0 Å². The molecule has 2 aliphatic carbocycles. The molecular weight excluding hydrogens is 228 g/mol. The van der Waals surface area contributed by atoms with Crippen LogP contribution >= 0.6 is 0 Å². The van der Waals surface area contributed by atoms with E-state index in [0.717, 1.165) is 11.8 Å². The van der Waals surface area contributed by atoms with E-state index in [2.05, 4.69) is 13.8 Å². The van der Waals surface area contributed by atoms with Gasteiger partial charge in [-0.2, -0.15) is 0 Å². The molecule has 0 unspecified atom stereocenters. The van der Waals surface area contributed by atoms with Crippen LogP contribution in [0.3, 0.4) is 0 Å². The molecule has 0 aromatic rings.